The van der Waals surface area contributed by atoms with Gasteiger partial charge in [-0.25, -0.2) is 13.2 Å². The van der Waals surface area contributed by atoms with E-state index in [1.807, 2.05) is 0 Å². The summed E-state index contributed by atoms with van der Waals surface area (Å²) in [5.41, 5.74) is 0.642. The summed E-state index contributed by atoms with van der Waals surface area (Å²) in [4.78, 5) is 23.3. The highest BCUT2D eigenvalue weighted by Gasteiger charge is 2.37. The summed E-state index contributed by atoms with van der Waals surface area (Å²) in [7, 11) is -3.34. The second kappa shape index (κ2) is 6.49. The normalized spacial score (nSPS) is 22.0. The monoisotopic (exact) mass is 367 g/mol. The molecule has 9 heteroatoms. The Kier molecular flexibility index (Phi) is 4.53. The Morgan fingerprint density at radius 1 is 1.36 bits per heavy atom. The van der Waals surface area contributed by atoms with Gasteiger partial charge in [-0.1, -0.05) is 0 Å². The number of benzene rings is 1. The molecule has 2 N–H and O–H groups in total. The molecule has 25 heavy (non-hydrogen) atoms. The fourth-order valence-electron chi connectivity index (χ4n) is 2.76. The number of aliphatic hydroxyl groups excluding tert-OH is 1. The Bertz CT molecular complexity index is 980. The van der Waals surface area contributed by atoms with Gasteiger partial charge >= 0.3 is 5.63 Å². The van der Waals surface area contributed by atoms with Crippen molar-refractivity contribution in [2.45, 2.75) is 19.1 Å². The second-order valence-corrected chi connectivity index (χ2v) is 8.17. The molecule has 0 bridgehead atoms. The molecule has 134 valence electrons. The molecule has 3 rings (SSSR count). The zero-order valence-corrected chi connectivity index (χ0v) is 14.2. The van der Waals surface area contributed by atoms with Crippen LogP contribution in [0.1, 0.15) is 5.56 Å². The Labute approximate surface area is 143 Å². The quantitative estimate of drug-likeness (QED) is 0.715. The summed E-state index contributed by atoms with van der Waals surface area (Å²) in [6.45, 7) is 1.43. The minimum Gasteiger partial charge on any atom is -0.484 e. The third-order valence-corrected chi connectivity index (χ3v) is 5.68. The number of sulfone groups is 1. The number of hydrogen-bond donors (Lipinski definition) is 2. The maximum absolute atomic E-state index is 11.9. The van der Waals surface area contributed by atoms with Gasteiger partial charge in [0.1, 0.15) is 11.3 Å². The predicted octanol–water partition coefficient (Wildman–Crippen LogP) is -0.246. The van der Waals surface area contributed by atoms with Crippen molar-refractivity contribution in [2.24, 2.45) is 0 Å². The number of fused-ring (bicyclic) bond motifs is 1. The molecule has 1 saturated heterocycles. The molecule has 1 aromatic heterocycles. The van der Waals surface area contributed by atoms with Crippen LogP contribution in [0.5, 0.6) is 5.75 Å². The van der Waals surface area contributed by atoms with E-state index < -0.39 is 33.5 Å². The van der Waals surface area contributed by atoms with Crippen LogP contribution in [0.25, 0.3) is 11.0 Å². The highest BCUT2D eigenvalue weighted by Crippen LogP contribution is 2.22. The number of ether oxygens (including phenoxy) is 1. The van der Waals surface area contributed by atoms with Gasteiger partial charge in [-0.05, 0) is 24.6 Å². The van der Waals surface area contributed by atoms with Gasteiger partial charge in [0.05, 0.1) is 23.7 Å². The second-order valence-electron chi connectivity index (χ2n) is 6.01. The van der Waals surface area contributed by atoms with E-state index in [1.54, 1.807) is 19.1 Å². The minimum atomic E-state index is -3.34. The molecule has 1 amide bonds. The van der Waals surface area contributed by atoms with E-state index in [4.69, 9.17) is 9.15 Å². The van der Waals surface area contributed by atoms with Gasteiger partial charge in [0.15, 0.2) is 16.4 Å². The lowest BCUT2D eigenvalue weighted by Gasteiger charge is -2.15. The third kappa shape index (κ3) is 3.99. The van der Waals surface area contributed by atoms with E-state index in [1.165, 1.54) is 12.1 Å². The molecule has 8 nitrogen and oxygen atoms in total. The number of hydrogen-bond acceptors (Lipinski definition) is 7. The van der Waals surface area contributed by atoms with Gasteiger partial charge in [0.25, 0.3) is 5.91 Å². The van der Waals surface area contributed by atoms with Crippen LogP contribution < -0.4 is 15.7 Å². The number of amides is 1. The number of nitrogens with one attached hydrogen (secondary N) is 1. The van der Waals surface area contributed by atoms with Crippen molar-refractivity contribution in [3.8, 4) is 5.75 Å². The average molecular weight is 367 g/mol. The molecule has 1 fully saturated rings. The molecule has 1 aliphatic rings. The Morgan fingerprint density at radius 2 is 2.12 bits per heavy atom. The molecular formula is C16H17NO7S. The van der Waals surface area contributed by atoms with Crippen molar-refractivity contribution in [1.29, 1.82) is 0 Å². The van der Waals surface area contributed by atoms with Gasteiger partial charge in [-0.3, -0.25) is 4.79 Å². The van der Waals surface area contributed by atoms with Crippen LogP contribution in [0.2, 0.25) is 0 Å². The van der Waals surface area contributed by atoms with E-state index >= 15 is 0 Å². The van der Waals surface area contributed by atoms with Crippen molar-refractivity contribution in [3.63, 3.8) is 0 Å². The SMILES string of the molecule is Cc1cc(=O)oc2cc(OCC(=O)N[C@H]3CS(=O)(=O)C[C@@H]3O)ccc12. The van der Waals surface area contributed by atoms with E-state index in [9.17, 15) is 23.1 Å². The van der Waals surface area contributed by atoms with E-state index in [0.29, 0.717) is 11.3 Å². The smallest absolute Gasteiger partial charge is 0.336 e. The van der Waals surface area contributed by atoms with Crippen LogP contribution in [0, 0.1) is 6.92 Å². The topological polar surface area (TPSA) is 123 Å². The fourth-order valence-corrected chi connectivity index (χ4v) is 4.50. The lowest BCUT2D eigenvalue weighted by Crippen LogP contribution is -2.44. The molecule has 0 unspecified atom stereocenters. The zero-order valence-electron chi connectivity index (χ0n) is 13.4. The van der Waals surface area contributed by atoms with Crippen molar-refractivity contribution in [1.82, 2.24) is 5.32 Å². The lowest BCUT2D eigenvalue weighted by molar-refractivity contribution is -0.124. The molecule has 0 radical (unpaired) electrons. The molecule has 2 heterocycles. The predicted molar refractivity (Wildman–Crippen MR) is 89.3 cm³/mol. The van der Waals surface area contributed by atoms with E-state index in [-0.39, 0.29) is 18.1 Å². The van der Waals surface area contributed by atoms with Crippen LogP contribution >= 0.6 is 0 Å². The molecule has 0 saturated carbocycles. The highest BCUT2D eigenvalue weighted by atomic mass is 32.2. The minimum absolute atomic E-state index is 0.291. The summed E-state index contributed by atoms with van der Waals surface area (Å²) < 4.78 is 33.3. The summed E-state index contributed by atoms with van der Waals surface area (Å²) in [6.07, 6.45) is -1.12. The summed E-state index contributed by atoms with van der Waals surface area (Å²) >= 11 is 0. The van der Waals surface area contributed by atoms with Crippen molar-refractivity contribution in [3.05, 3.63) is 40.2 Å². The average Bonchev–Trinajstić information content (AvgIpc) is 2.76. The molecule has 1 aromatic carbocycles. The molecule has 1 aliphatic heterocycles. The Hall–Kier alpha value is -2.39. The van der Waals surface area contributed by atoms with Gasteiger partial charge in [-0.2, -0.15) is 0 Å². The van der Waals surface area contributed by atoms with Crippen molar-refractivity contribution in [2.75, 3.05) is 18.1 Å². The first-order chi connectivity index (χ1) is 11.7. The lowest BCUT2D eigenvalue weighted by atomic mass is 10.1. The molecule has 2 aromatic rings. The summed E-state index contributed by atoms with van der Waals surface area (Å²) in [5, 5.41) is 12.9. The number of aliphatic hydroxyl groups is 1. The highest BCUT2D eigenvalue weighted by molar-refractivity contribution is 7.91. The first-order valence-electron chi connectivity index (χ1n) is 7.59. The van der Waals surface area contributed by atoms with Gasteiger partial charge in [-0.15, -0.1) is 0 Å². The van der Waals surface area contributed by atoms with Gasteiger partial charge in [0, 0.05) is 17.5 Å². The largest absolute Gasteiger partial charge is 0.484 e. The number of carbonyl (C=O) groups excluding carboxylic acids is 1. The summed E-state index contributed by atoms with van der Waals surface area (Å²) in [6, 6.07) is 5.41. The van der Waals surface area contributed by atoms with Crippen LogP contribution in [0.3, 0.4) is 0 Å². The van der Waals surface area contributed by atoms with Crippen LogP contribution in [-0.4, -0.2) is 49.7 Å². The Morgan fingerprint density at radius 3 is 2.80 bits per heavy atom. The maximum atomic E-state index is 11.9. The number of rotatable bonds is 4. The fraction of sp³-hybridized carbons (Fsp3) is 0.375. The van der Waals surface area contributed by atoms with Crippen LogP contribution in [-0.2, 0) is 14.6 Å². The standard InChI is InChI=1S/C16H17NO7S/c1-9-4-16(20)24-14-5-10(2-3-11(9)14)23-6-15(19)17-12-7-25(21,22)8-13(12)18/h2-5,12-13,18H,6-8H2,1H3,(H,17,19)/t12-,13-/m0/s1. The van der Waals surface area contributed by atoms with Crippen LogP contribution in [0.4, 0.5) is 0 Å². The molecule has 0 spiro atoms. The van der Waals surface area contributed by atoms with Gasteiger partial charge < -0.3 is 19.6 Å². The van der Waals surface area contributed by atoms with Crippen molar-refractivity contribution >= 4 is 26.7 Å². The van der Waals surface area contributed by atoms with E-state index in [0.717, 1.165) is 10.9 Å². The van der Waals surface area contributed by atoms with Crippen molar-refractivity contribution < 1.29 is 27.5 Å². The molecule has 0 aliphatic carbocycles. The zero-order chi connectivity index (χ0) is 18.2. The van der Waals surface area contributed by atoms with E-state index in [2.05, 4.69) is 5.32 Å². The first-order valence-corrected chi connectivity index (χ1v) is 9.41. The molecule has 2 atom stereocenters. The number of carbonyl (C=O) groups is 1. The van der Waals surface area contributed by atoms with Crippen LogP contribution in [0.15, 0.2) is 33.5 Å². The van der Waals surface area contributed by atoms with Gasteiger partial charge in [0.2, 0.25) is 0 Å². The number of aryl methyl sites for hydroxylation is 1. The third-order valence-electron chi connectivity index (χ3n) is 3.96. The first kappa shape index (κ1) is 17.4. The Balaban J connectivity index is 1.64. The summed E-state index contributed by atoms with van der Waals surface area (Å²) in [5.74, 6) is -0.870. The molecular weight excluding hydrogens is 350 g/mol. The maximum Gasteiger partial charge on any atom is 0.336 e.